The average molecular weight is 264 g/mol. The molecule has 108 valence electrons. The van der Waals surface area contributed by atoms with Crippen LogP contribution < -0.4 is 5.32 Å². The second kappa shape index (κ2) is 7.04. The summed E-state index contributed by atoms with van der Waals surface area (Å²) in [5, 5.41) is 7.82. The van der Waals surface area contributed by atoms with E-state index in [4.69, 9.17) is 0 Å². The molecule has 2 atom stereocenters. The summed E-state index contributed by atoms with van der Waals surface area (Å²) in [5.41, 5.74) is 0. The number of aromatic nitrogens is 3. The maximum Gasteiger partial charge on any atom is 0.138 e. The summed E-state index contributed by atoms with van der Waals surface area (Å²) < 4.78 is 1.93. The minimum absolute atomic E-state index is 0.582. The molecule has 0 bridgehead atoms. The molecule has 4 nitrogen and oxygen atoms in total. The van der Waals surface area contributed by atoms with Gasteiger partial charge in [-0.1, -0.05) is 33.1 Å². The van der Waals surface area contributed by atoms with E-state index < -0.39 is 0 Å². The summed E-state index contributed by atoms with van der Waals surface area (Å²) in [6.45, 7) is 5.61. The van der Waals surface area contributed by atoms with Gasteiger partial charge in [0.15, 0.2) is 0 Å². The molecule has 0 aromatic carbocycles. The van der Waals surface area contributed by atoms with Crippen LogP contribution in [-0.2, 0) is 13.5 Å². The van der Waals surface area contributed by atoms with Gasteiger partial charge >= 0.3 is 0 Å². The van der Waals surface area contributed by atoms with Gasteiger partial charge in [-0.2, -0.15) is 5.10 Å². The van der Waals surface area contributed by atoms with Gasteiger partial charge < -0.3 is 5.32 Å². The van der Waals surface area contributed by atoms with Gasteiger partial charge in [-0.15, -0.1) is 0 Å². The average Bonchev–Trinajstić information content (AvgIpc) is 2.64. The topological polar surface area (TPSA) is 42.7 Å². The van der Waals surface area contributed by atoms with Gasteiger partial charge in [0.1, 0.15) is 12.2 Å². The predicted octanol–water partition coefficient (Wildman–Crippen LogP) is 2.55. The van der Waals surface area contributed by atoms with Crippen molar-refractivity contribution in [2.75, 3.05) is 6.54 Å². The van der Waals surface area contributed by atoms with Crippen molar-refractivity contribution >= 4 is 0 Å². The first-order valence-electron chi connectivity index (χ1n) is 7.73. The number of hydrogen-bond acceptors (Lipinski definition) is 3. The van der Waals surface area contributed by atoms with Crippen LogP contribution in [0.25, 0.3) is 0 Å². The van der Waals surface area contributed by atoms with E-state index >= 15 is 0 Å². The van der Waals surface area contributed by atoms with E-state index in [1.165, 1.54) is 32.1 Å². The molecule has 0 amide bonds. The number of nitrogens with zero attached hydrogens (tertiary/aromatic N) is 3. The molecule has 4 heteroatoms. The van der Waals surface area contributed by atoms with Crippen LogP contribution in [0, 0.1) is 11.8 Å². The number of hydrogen-bond donors (Lipinski definition) is 1. The van der Waals surface area contributed by atoms with Crippen molar-refractivity contribution in [3.63, 3.8) is 0 Å². The standard InChI is InChI=1S/C15H28N4/c1-12(2)16-10-14-8-6-4-5-7-13(14)9-15-17-11-18-19(15)3/h11-14,16H,4-10H2,1-3H3. The first-order valence-corrected chi connectivity index (χ1v) is 7.73. The van der Waals surface area contributed by atoms with E-state index in [1.54, 1.807) is 6.33 Å². The molecule has 1 heterocycles. The third-order valence-corrected chi connectivity index (χ3v) is 4.35. The summed E-state index contributed by atoms with van der Waals surface area (Å²) in [5.74, 6) is 2.69. The van der Waals surface area contributed by atoms with Crippen LogP contribution in [0.5, 0.6) is 0 Å². The van der Waals surface area contributed by atoms with Crippen LogP contribution >= 0.6 is 0 Å². The quantitative estimate of drug-likeness (QED) is 0.831. The Balaban J connectivity index is 1.98. The fourth-order valence-corrected chi connectivity index (χ4v) is 3.13. The Kier molecular flexibility index (Phi) is 5.37. The van der Waals surface area contributed by atoms with Crippen LogP contribution in [0.4, 0.5) is 0 Å². The van der Waals surface area contributed by atoms with E-state index in [1.807, 2.05) is 11.7 Å². The van der Waals surface area contributed by atoms with E-state index in [0.717, 1.165) is 30.6 Å². The van der Waals surface area contributed by atoms with Crippen molar-refractivity contribution in [1.29, 1.82) is 0 Å². The molecule has 2 rings (SSSR count). The Hall–Kier alpha value is -0.900. The Morgan fingerprint density at radius 1 is 1.26 bits per heavy atom. The fourth-order valence-electron chi connectivity index (χ4n) is 3.13. The highest BCUT2D eigenvalue weighted by atomic mass is 15.3. The molecule has 1 fully saturated rings. The van der Waals surface area contributed by atoms with Crippen molar-refractivity contribution in [3.05, 3.63) is 12.2 Å². The van der Waals surface area contributed by atoms with Gasteiger partial charge in [0, 0.05) is 19.5 Å². The highest BCUT2D eigenvalue weighted by Crippen LogP contribution is 2.30. The van der Waals surface area contributed by atoms with Gasteiger partial charge in [-0.3, -0.25) is 4.68 Å². The summed E-state index contributed by atoms with van der Waals surface area (Å²) >= 11 is 0. The van der Waals surface area contributed by atoms with Crippen molar-refractivity contribution in [3.8, 4) is 0 Å². The molecule has 1 aromatic heterocycles. The lowest BCUT2D eigenvalue weighted by molar-refractivity contribution is 0.285. The van der Waals surface area contributed by atoms with Gasteiger partial charge in [0.25, 0.3) is 0 Å². The number of aryl methyl sites for hydroxylation is 1. The zero-order valence-electron chi connectivity index (χ0n) is 12.6. The minimum atomic E-state index is 0.582. The third kappa shape index (κ3) is 4.30. The second-order valence-corrected chi connectivity index (χ2v) is 6.23. The minimum Gasteiger partial charge on any atom is -0.314 e. The molecule has 1 saturated carbocycles. The summed E-state index contributed by atoms with van der Waals surface area (Å²) in [6.07, 6.45) is 9.63. The highest BCUT2D eigenvalue weighted by molar-refractivity contribution is 4.89. The smallest absolute Gasteiger partial charge is 0.138 e. The van der Waals surface area contributed by atoms with Gasteiger partial charge in [-0.05, 0) is 31.2 Å². The van der Waals surface area contributed by atoms with Crippen LogP contribution in [0.3, 0.4) is 0 Å². The van der Waals surface area contributed by atoms with E-state index in [9.17, 15) is 0 Å². The first-order chi connectivity index (χ1) is 9.16. The van der Waals surface area contributed by atoms with Gasteiger partial charge in [0.05, 0.1) is 0 Å². The van der Waals surface area contributed by atoms with Crippen molar-refractivity contribution in [1.82, 2.24) is 20.1 Å². The monoisotopic (exact) mass is 264 g/mol. The highest BCUT2D eigenvalue weighted by Gasteiger charge is 2.25. The van der Waals surface area contributed by atoms with E-state index in [-0.39, 0.29) is 0 Å². The normalized spacial score (nSPS) is 24.6. The predicted molar refractivity (Wildman–Crippen MR) is 77.9 cm³/mol. The van der Waals surface area contributed by atoms with E-state index in [0.29, 0.717) is 6.04 Å². The molecular formula is C15H28N4. The fraction of sp³-hybridized carbons (Fsp3) is 0.867. The number of rotatable bonds is 5. The van der Waals surface area contributed by atoms with Crippen LogP contribution in [0.15, 0.2) is 6.33 Å². The lowest BCUT2D eigenvalue weighted by Gasteiger charge is -2.26. The molecule has 0 aliphatic heterocycles. The molecule has 1 aliphatic rings. The van der Waals surface area contributed by atoms with Gasteiger partial charge in [-0.25, -0.2) is 4.98 Å². The maximum absolute atomic E-state index is 4.40. The van der Waals surface area contributed by atoms with Crippen LogP contribution in [0.1, 0.15) is 51.8 Å². The maximum atomic E-state index is 4.40. The SMILES string of the molecule is CC(C)NCC1CCCCCC1Cc1ncnn1C. The molecule has 19 heavy (non-hydrogen) atoms. The van der Waals surface area contributed by atoms with Crippen molar-refractivity contribution < 1.29 is 0 Å². The van der Waals surface area contributed by atoms with Crippen LogP contribution in [0.2, 0.25) is 0 Å². The Morgan fingerprint density at radius 2 is 2.00 bits per heavy atom. The Labute approximate surface area is 117 Å². The largest absolute Gasteiger partial charge is 0.314 e. The van der Waals surface area contributed by atoms with E-state index in [2.05, 4.69) is 29.2 Å². The first kappa shape index (κ1) is 14.5. The van der Waals surface area contributed by atoms with Crippen molar-refractivity contribution in [2.45, 2.75) is 58.4 Å². The zero-order valence-corrected chi connectivity index (χ0v) is 12.6. The molecular weight excluding hydrogens is 236 g/mol. The number of nitrogens with one attached hydrogen (secondary N) is 1. The molecule has 0 saturated heterocycles. The van der Waals surface area contributed by atoms with Crippen molar-refractivity contribution in [2.24, 2.45) is 18.9 Å². The van der Waals surface area contributed by atoms with Crippen LogP contribution in [-0.4, -0.2) is 27.4 Å². The zero-order chi connectivity index (χ0) is 13.7. The molecule has 1 N–H and O–H groups in total. The summed E-state index contributed by atoms with van der Waals surface area (Å²) in [7, 11) is 2.00. The molecule has 2 unspecified atom stereocenters. The Bertz CT molecular complexity index is 372. The second-order valence-electron chi connectivity index (χ2n) is 6.23. The molecule has 1 aliphatic carbocycles. The Morgan fingerprint density at radius 3 is 2.63 bits per heavy atom. The summed E-state index contributed by atoms with van der Waals surface area (Å²) in [4.78, 5) is 4.40. The lowest BCUT2D eigenvalue weighted by Crippen LogP contribution is -2.33. The van der Waals surface area contributed by atoms with Gasteiger partial charge in [0.2, 0.25) is 0 Å². The third-order valence-electron chi connectivity index (χ3n) is 4.35. The molecule has 1 aromatic rings. The summed E-state index contributed by atoms with van der Waals surface area (Å²) in [6, 6.07) is 0.582. The molecule has 0 radical (unpaired) electrons. The molecule has 0 spiro atoms. The lowest BCUT2D eigenvalue weighted by atomic mass is 9.85.